The van der Waals surface area contributed by atoms with Crippen molar-refractivity contribution >= 4 is 0 Å². The molecule has 0 bridgehead atoms. The van der Waals surface area contributed by atoms with Crippen LogP contribution in [0.25, 0.3) is 0 Å². The summed E-state index contributed by atoms with van der Waals surface area (Å²) in [6, 6.07) is 0. The largest absolute Gasteiger partial charge is 1.00 e. The van der Waals surface area contributed by atoms with E-state index in [0.29, 0.717) is 0 Å². The maximum Gasteiger partial charge on any atom is -1.00 e. The molecule has 21 heavy (non-hydrogen) atoms. The zero-order chi connectivity index (χ0) is 13.3. The zero-order valence-electron chi connectivity index (χ0n) is 13.2. The van der Waals surface area contributed by atoms with Crippen molar-refractivity contribution in [3.05, 3.63) is 42.0 Å². The summed E-state index contributed by atoms with van der Waals surface area (Å²) in [5, 5.41) is 0. The number of hydrogen-bond donors (Lipinski definition) is 0. The van der Waals surface area contributed by atoms with Crippen LogP contribution in [0.2, 0.25) is 8.26 Å². The molecule has 0 aromatic heterocycles. The molecule has 0 saturated carbocycles. The van der Waals surface area contributed by atoms with Gasteiger partial charge in [0, 0.05) is 0 Å². The van der Waals surface area contributed by atoms with Gasteiger partial charge in [-0.15, -0.1) is 0 Å². The molecule has 0 N–H and O–H groups in total. The average molecular weight is 405 g/mol. The van der Waals surface area contributed by atoms with E-state index in [-0.39, 0.29) is 24.8 Å². The topological polar surface area (TPSA) is 0 Å². The standard InChI is InChI=1S/2C8H11.C2H4.2ClH.Zr/c2*1-2-5-8-6-3-4-7-8;1-2;;;/h2*3,6H,2,4-5H2,1H3;1-2H2;2*1H;/q;;;;;+2/p-2. The predicted octanol–water partition coefficient (Wildman–Crippen LogP) is 0.0267. The van der Waals surface area contributed by atoms with Crippen LogP contribution < -0.4 is 24.8 Å². The Morgan fingerprint density at radius 3 is 1.57 bits per heavy atom. The first-order valence-corrected chi connectivity index (χ1v) is 14.0. The summed E-state index contributed by atoms with van der Waals surface area (Å²) >= 11 is -1.99. The fourth-order valence-electron chi connectivity index (χ4n) is 4.02. The van der Waals surface area contributed by atoms with Gasteiger partial charge in [0.1, 0.15) is 0 Å². The molecule has 0 spiro atoms. The first kappa shape index (κ1) is 19.5. The van der Waals surface area contributed by atoms with E-state index in [4.69, 9.17) is 0 Å². The van der Waals surface area contributed by atoms with Gasteiger partial charge in [0.25, 0.3) is 0 Å². The van der Waals surface area contributed by atoms with E-state index in [9.17, 15) is 0 Å². The van der Waals surface area contributed by atoms with Crippen molar-refractivity contribution in [3.63, 3.8) is 0 Å². The number of allylic oxidation sites excluding steroid dienone is 8. The van der Waals surface area contributed by atoms with E-state index < -0.39 is 20.3 Å². The minimum atomic E-state index is -1.99. The van der Waals surface area contributed by atoms with Gasteiger partial charge in [-0.2, -0.15) is 0 Å². The van der Waals surface area contributed by atoms with Crippen LogP contribution >= 0.6 is 0 Å². The van der Waals surface area contributed by atoms with E-state index in [1.807, 2.05) is 6.56 Å². The maximum absolute atomic E-state index is 2.46. The van der Waals surface area contributed by atoms with Crippen LogP contribution in [0.15, 0.2) is 42.0 Å². The summed E-state index contributed by atoms with van der Waals surface area (Å²) < 4.78 is 7.21. The molecule has 116 valence electrons. The van der Waals surface area contributed by atoms with Crippen LogP contribution in [0, 0.1) is 0 Å². The Bertz CT molecular complexity index is 451. The predicted molar refractivity (Wildman–Crippen MR) is 81.0 cm³/mol. The van der Waals surface area contributed by atoms with E-state index in [2.05, 4.69) is 38.2 Å². The summed E-state index contributed by atoms with van der Waals surface area (Å²) in [5.74, 6) is 0. The minimum absolute atomic E-state index is 0. The quantitative estimate of drug-likeness (QED) is 0.586. The Kier molecular flexibility index (Phi) is 7.72. The van der Waals surface area contributed by atoms with E-state index in [0.717, 1.165) is 0 Å². The summed E-state index contributed by atoms with van der Waals surface area (Å²) in [5.41, 5.74) is 3.51. The fraction of sp³-hybridized carbons (Fsp3) is 0.556. The van der Waals surface area contributed by atoms with Crippen LogP contribution in [0.4, 0.5) is 0 Å². The molecule has 0 atom stereocenters. The molecular formula is C18H26Cl2Zr. The Morgan fingerprint density at radius 1 is 0.810 bits per heavy atom. The van der Waals surface area contributed by atoms with Crippen molar-refractivity contribution in [3.8, 4) is 0 Å². The Labute approximate surface area is 147 Å². The molecule has 0 amide bonds. The molecule has 0 unspecified atom stereocenters. The second-order valence-corrected chi connectivity index (χ2v) is 17.0. The normalized spacial score (nSPS) is 20.1. The van der Waals surface area contributed by atoms with Crippen molar-refractivity contribution in [2.75, 3.05) is 0 Å². The molecule has 0 nitrogen and oxygen atoms in total. The van der Waals surface area contributed by atoms with Gasteiger partial charge >= 0.3 is 123 Å². The SMILES string of the molecule is CCCC1=[C]([Zr+2]2([C]3=C(CCC)C=CC3)[CH2][CH2]2)CC=C1.[Cl-].[Cl-]. The molecule has 2 aliphatic carbocycles. The van der Waals surface area contributed by atoms with Crippen LogP contribution in [-0.2, 0) is 20.3 Å². The van der Waals surface area contributed by atoms with Gasteiger partial charge in [-0.1, -0.05) is 0 Å². The second-order valence-electron chi connectivity index (χ2n) is 6.30. The third-order valence-corrected chi connectivity index (χ3v) is 17.0. The van der Waals surface area contributed by atoms with Gasteiger partial charge in [-0.05, 0) is 0 Å². The van der Waals surface area contributed by atoms with Crippen molar-refractivity contribution in [2.45, 2.75) is 60.6 Å². The van der Waals surface area contributed by atoms with Gasteiger partial charge in [-0.3, -0.25) is 0 Å². The molecule has 3 rings (SSSR count). The monoisotopic (exact) mass is 402 g/mol. The van der Waals surface area contributed by atoms with Crippen molar-refractivity contribution in [1.29, 1.82) is 0 Å². The van der Waals surface area contributed by atoms with Crippen LogP contribution in [0.5, 0.6) is 0 Å². The Hall–Kier alpha value is 0.423. The van der Waals surface area contributed by atoms with E-state index in [1.54, 1.807) is 19.4 Å². The molecular weight excluding hydrogens is 378 g/mol. The number of hydrogen-bond acceptors (Lipinski definition) is 0. The molecule has 0 aromatic carbocycles. The molecule has 1 saturated heterocycles. The van der Waals surface area contributed by atoms with E-state index >= 15 is 0 Å². The molecule has 1 aliphatic heterocycles. The molecule has 3 heteroatoms. The maximum atomic E-state index is 2.46. The first-order chi connectivity index (χ1) is 9.31. The fourth-order valence-corrected chi connectivity index (χ4v) is 18.7. The molecule has 0 radical (unpaired) electrons. The summed E-state index contributed by atoms with van der Waals surface area (Å²) in [6.45, 7) is 4.65. The van der Waals surface area contributed by atoms with Crippen LogP contribution in [0.3, 0.4) is 0 Å². The molecule has 1 heterocycles. The van der Waals surface area contributed by atoms with E-state index in [1.165, 1.54) is 38.5 Å². The van der Waals surface area contributed by atoms with Gasteiger partial charge in [0.05, 0.1) is 0 Å². The number of rotatable bonds is 6. The molecule has 1 fully saturated rings. The van der Waals surface area contributed by atoms with Gasteiger partial charge < -0.3 is 24.8 Å². The van der Waals surface area contributed by atoms with Gasteiger partial charge in [0.15, 0.2) is 0 Å². The third-order valence-electron chi connectivity index (χ3n) is 5.00. The van der Waals surface area contributed by atoms with Gasteiger partial charge in [-0.25, -0.2) is 0 Å². The summed E-state index contributed by atoms with van der Waals surface area (Å²) in [7, 11) is 0. The van der Waals surface area contributed by atoms with Crippen LogP contribution in [-0.4, -0.2) is 0 Å². The Morgan fingerprint density at radius 2 is 1.24 bits per heavy atom. The smallest absolute Gasteiger partial charge is 1.00 e. The van der Waals surface area contributed by atoms with Crippen molar-refractivity contribution in [2.24, 2.45) is 0 Å². The number of halogens is 2. The molecule has 0 aromatic rings. The minimum Gasteiger partial charge on any atom is -1.00 e. The van der Waals surface area contributed by atoms with Gasteiger partial charge in [0.2, 0.25) is 0 Å². The Balaban J connectivity index is 0.00000110. The molecule has 3 aliphatic rings. The average Bonchev–Trinajstić information content (AvgIpc) is 2.86. The van der Waals surface area contributed by atoms with Crippen molar-refractivity contribution in [1.82, 2.24) is 0 Å². The zero-order valence-corrected chi connectivity index (χ0v) is 17.2. The summed E-state index contributed by atoms with van der Waals surface area (Å²) in [6.07, 6.45) is 17.7. The first-order valence-electron chi connectivity index (χ1n) is 8.10. The summed E-state index contributed by atoms with van der Waals surface area (Å²) in [4.78, 5) is 0. The van der Waals surface area contributed by atoms with Crippen LogP contribution in [0.1, 0.15) is 52.4 Å². The second kappa shape index (κ2) is 8.32. The third kappa shape index (κ3) is 3.68. The van der Waals surface area contributed by atoms with Crippen molar-refractivity contribution < 1.29 is 45.1 Å².